The highest BCUT2D eigenvalue weighted by Gasteiger charge is 2.11. The van der Waals surface area contributed by atoms with E-state index in [4.69, 9.17) is 0 Å². The fourth-order valence-corrected chi connectivity index (χ4v) is 2.95. The number of nitrogens with one attached hydrogen (secondary N) is 2. The minimum absolute atomic E-state index is 0.194. The van der Waals surface area contributed by atoms with Gasteiger partial charge in [0.15, 0.2) is 0 Å². The number of rotatable bonds is 6. The van der Waals surface area contributed by atoms with Crippen LogP contribution in [-0.2, 0) is 6.54 Å². The molecule has 2 N–H and O–H groups in total. The van der Waals surface area contributed by atoms with Crippen LogP contribution in [0.25, 0.3) is 22.5 Å². The Hall–Kier alpha value is -4.07. The van der Waals surface area contributed by atoms with Crippen LogP contribution in [0.4, 0.5) is 4.39 Å². The number of H-pyrrole nitrogens is 1. The summed E-state index contributed by atoms with van der Waals surface area (Å²) >= 11 is 0. The van der Waals surface area contributed by atoms with Crippen LogP contribution in [-0.4, -0.2) is 32.4 Å². The lowest BCUT2D eigenvalue weighted by Gasteiger charge is -2.08. The third-order valence-corrected chi connectivity index (χ3v) is 4.51. The molecule has 8 heteroatoms. The van der Waals surface area contributed by atoms with Gasteiger partial charge in [-0.15, -0.1) is 0 Å². The molecule has 4 rings (SSSR count). The molecular formula is C22H18FN5O2. The largest absolute Gasteiger partial charge is 0.349 e. The maximum absolute atomic E-state index is 13.1. The Labute approximate surface area is 171 Å². The van der Waals surface area contributed by atoms with Crippen LogP contribution in [0.5, 0.6) is 0 Å². The van der Waals surface area contributed by atoms with Crippen LogP contribution in [0.15, 0.2) is 77.6 Å². The lowest BCUT2D eigenvalue weighted by molar-refractivity contribution is 0.0946. The van der Waals surface area contributed by atoms with Crippen molar-refractivity contribution in [2.75, 3.05) is 6.54 Å². The molecular weight excluding hydrogens is 385 g/mol. The second-order valence-electron chi connectivity index (χ2n) is 6.58. The highest BCUT2D eigenvalue weighted by molar-refractivity contribution is 5.93. The van der Waals surface area contributed by atoms with Crippen LogP contribution in [0.3, 0.4) is 0 Å². The first kappa shape index (κ1) is 19.3. The number of hydrogen-bond donors (Lipinski definition) is 2. The van der Waals surface area contributed by atoms with Crippen LogP contribution in [0, 0.1) is 5.82 Å². The molecule has 7 nitrogen and oxygen atoms in total. The maximum Gasteiger partial charge on any atom is 0.269 e. The number of aromatic amines is 1. The number of aromatic nitrogens is 4. The van der Waals surface area contributed by atoms with Crippen molar-refractivity contribution in [1.82, 2.24) is 25.3 Å². The van der Waals surface area contributed by atoms with Crippen LogP contribution >= 0.6 is 0 Å². The van der Waals surface area contributed by atoms with E-state index in [9.17, 15) is 14.0 Å². The van der Waals surface area contributed by atoms with Gasteiger partial charge >= 0.3 is 0 Å². The average molecular weight is 403 g/mol. The normalized spacial score (nSPS) is 10.7. The first-order valence-corrected chi connectivity index (χ1v) is 9.33. The molecule has 2 aromatic heterocycles. The molecule has 0 aliphatic rings. The quantitative estimate of drug-likeness (QED) is 0.518. The number of amides is 1. The van der Waals surface area contributed by atoms with Crippen molar-refractivity contribution >= 4 is 5.91 Å². The second kappa shape index (κ2) is 8.52. The van der Waals surface area contributed by atoms with Crippen molar-refractivity contribution in [3.05, 3.63) is 94.7 Å². The summed E-state index contributed by atoms with van der Waals surface area (Å²) in [6.07, 6.45) is 0. The number of benzene rings is 2. The molecule has 0 saturated heterocycles. The molecule has 0 bridgehead atoms. The zero-order valence-corrected chi connectivity index (χ0v) is 15.9. The number of hydrogen-bond acceptors (Lipinski definition) is 4. The topological polar surface area (TPSA) is 92.7 Å². The number of carbonyl (C=O) groups excluding carboxylic acids is 1. The molecule has 0 aliphatic heterocycles. The van der Waals surface area contributed by atoms with Gasteiger partial charge in [-0.2, -0.15) is 10.2 Å². The first-order chi connectivity index (χ1) is 14.6. The van der Waals surface area contributed by atoms with E-state index < -0.39 is 0 Å². The van der Waals surface area contributed by atoms with E-state index in [-0.39, 0.29) is 30.4 Å². The van der Waals surface area contributed by atoms with Gasteiger partial charge < -0.3 is 5.32 Å². The molecule has 4 aromatic rings. The monoisotopic (exact) mass is 403 g/mol. The van der Waals surface area contributed by atoms with Crippen LogP contribution in [0.1, 0.15) is 10.5 Å². The summed E-state index contributed by atoms with van der Waals surface area (Å²) in [6, 6.07) is 20.0. The summed E-state index contributed by atoms with van der Waals surface area (Å²) in [6.45, 7) is 0.400. The summed E-state index contributed by atoms with van der Waals surface area (Å²) in [5.74, 6) is -0.670. The molecule has 2 aromatic carbocycles. The summed E-state index contributed by atoms with van der Waals surface area (Å²) in [4.78, 5) is 24.4. The van der Waals surface area contributed by atoms with Crippen LogP contribution < -0.4 is 10.9 Å². The lowest BCUT2D eigenvalue weighted by Crippen LogP contribution is -2.32. The summed E-state index contributed by atoms with van der Waals surface area (Å²) in [5.41, 5.74) is 2.85. The standard InChI is InChI=1S/C22H18FN5O2/c23-17-8-6-16(7-9-17)18-10-11-21(29)28(27-18)13-12-24-22(30)20-14-19(25-26-20)15-4-2-1-3-5-15/h1-11,14H,12-13H2,(H,24,30)(H,25,26). The SMILES string of the molecule is O=C(NCCn1nc(-c2ccc(F)cc2)ccc1=O)c1cc(-c2ccccc2)n[nH]1. The van der Waals surface area contributed by atoms with E-state index >= 15 is 0 Å². The zero-order chi connectivity index (χ0) is 20.9. The third-order valence-electron chi connectivity index (χ3n) is 4.51. The van der Waals surface area contributed by atoms with Gasteiger partial charge in [-0.25, -0.2) is 9.07 Å². The molecule has 0 atom stereocenters. The van der Waals surface area contributed by atoms with Gasteiger partial charge in [0.2, 0.25) is 0 Å². The van der Waals surface area contributed by atoms with Gasteiger partial charge in [0.1, 0.15) is 11.5 Å². The van der Waals surface area contributed by atoms with Crippen LogP contribution in [0.2, 0.25) is 0 Å². The molecule has 0 radical (unpaired) electrons. The fraction of sp³-hybridized carbons (Fsp3) is 0.0909. The van der Waals surface area contributed by atoms with Gasteiger partial charge in [-0.1, -0.05) is 30.3 Å². The smallest absolute Gasteiger partial charge is 0.269 e. The molecule has 2 heterocycles. The number of halogens is 1. The van der Waals surface area contributed by atoms with Crippen molar-refractivity contribution in [2.45, 2.75) is 6.54 Å². The molecule has 0 saturated carbocycles. The Balaban J connectivity index is 1.40. The predicted molar refractivity (Wildman–Crippen MR) is 110 cm³/mol. The van der Waals surface area contributed by atoms with E-state index in [1.807, 2.05) is 30.3 Å². The van der Waals surface area contributed by atoms with E-state index in [1.165, 1.54) is 22.9 Å². The van der Waals surface area contributed by atoms with E-state index in [2.05, 4.69) is 20.6 Å². The lowest BCUT2D eigenvalue weighted by atomic mass is 10.1. The van der Waals surface area contributed by atoms with Gasteiger partial charge in [0.05, 0.1) is 17.9 Å². The van der Waals surface area contributed by atoms with E-state index in [0.29, 0.717) is 22.6 Å². The third kappa shape index (κ3) is 4.33. The highest BCUT2D eigenvalue weighted by Crippen LogP contribution is 2.17. The summed E-state index contributed by atoms with van der Waals surface area (Å²) < 4.78 is 14.4. The average Bonchev–Trinajstić information content (AvgIpc) is 3.27. The number of carbonyl (C=O) groups is 1. The van der Waals surface area contributed by atoms with Crippen molar-refractivity contribution in [3.8, 4) is 22.5 Å². The van der Waals surface area contributed by atoms with Crippen molar-refractivity contribution in [3.63, 3.8) is 0 Å². The Morgan fingerprint density at radius 2 is 1.70 bits per heavy atom. The van der Waals surface area contributed by atoms with E-state index in [0.717, 1.165) is 5.56 Å². The Bertz CT molecular complexity index is 1220. The number of nitrogens with zero attached hydrogens (tertiary/aromatic N) is 3. The molecule has 0 aliphatic carbocycles. The second-order valence-corrected chi connectivity index (χ2v) is 6.58. The van der Waals surface area contributed by atoms with Crippen molar-refractivity contribution < 1.29 is 9.18 Å². The molecule has 0 fully saturated rings. The van der Waals surface area contributed by atoms with E-state index in [1.54, 1.807) is 24.3 Å². The van der Waals surface area contributed by atoms with Crippen molar-refractivity contribution in [1.29, 1.82) is 0 Å². The summed E-state index contributed by atoms with van der Waals surface area (Å²) in [5, 5.41) is 13.9. The Morgan fingerprint density at radius 1 is 0.967 bits per heavy atom. The molecule has 1 amide bonds. The molecule has 150 valence electrons. The van der Waals surface area contributed by atoms with Gasteiger partial charge in [0.25, 0.3) is 11.5 Å². The Kier molecular flexibility index (Phi) is 5.47. The van der Waals surface area contributed by atoms with Gasteiger partial charge in [0, 0.05) is 23.7 Å². The zero-order valence-electron chi connectivity index (χ0n) is 15.9. The maximum atomic E-state index is 13.1. The Morgan fingerprint density at radius 3 is 2.47 bits per heavy atom. The molecule has 30 heavy (non-hydrogen) atoms. The summed E-state index contributed by atoms with van der Waals surface area (Å²) in [7, 11) is 0. The van der Waals surface area contributed by atoms with Gasteiger partial charge in [-0.05, 0) is 36.4 Å². The molecule has 0 spiro atoms. The fourth-order valence-electron chi connectivity index (χ4n) is 2.95. The first-order valence-electron chi connectivity index (χ1n) is 9.33. The molecule has 0 unspecified atom stereocenters. The van der Waals surface area contributed by atoms with Crippen molar-refractivity contribution in [2.24, 2.45) is 0 Å². The highest BCUT2D eigenvalue weighted by atomic mass is 19.1. The predicted octanol–water partition coefficient (Wildman–Crippen LogP) is 2.87. The van der Waals surface area contributed by atoms with Gasteiger partial charge in [-0.3, -0.25) is 14.7 Å². The minimum Gasteiger partial charge on any atom is -0.349 e. The minimum atomic E-state index is -0.344.